The average Bonchev–Trinajstić information content (AvgIpc) is 2.79. The van der Waals surface area contributed by atoms with E-state index in [4.69, 9.17) is 16.3 Å². The first kappa shape index (κ1) is 16.6. The molecule has 1 aromatic heterocycles. The zero-order chi connectivity index (χ0) is 16.7. The maximum atomic E-state index is 12.8. The van der Waals surface area contributed by atoms with E-state index >= 15 is 0 Å². The lowest BCUT2D eigenvalue weighted by Crippen LogP contribution is -2.06. The molecular formula is C11H6BrClF3N3O3. The van der Waals surface area contributed by atoms with E-state index in [2.05, 4.69) is 25.9 Å². The molecular weight excluding hydrogens is 394 g/mol. The number of aromatic nitrogens is 2. The molecule has 0 saturated carbocycles. The summed E-state index contributed by atoms with van der Waals surface area (Å²) in [6.07, 6.45) is -4.66. The molecule has 0 aliphatic heterocycles. The van der Waals surface area contributed by atoms with Crippen molar-refractivity contribution in [1.82, 2.24) is 9.97 Å². The third-order valence-corrected chi connectivity index (χ3v) is 3.50. The highest BCUT2D eigenvalue weighted by Gasteiger charge is 2.37. The van der Waals surface area contributed by atoms with E-state index in [1.807, 2.05) is 0 Å². The summed E-state index contributed by atoms with van der Waals surface area (Å²) in [5.74, 6) is -0.288. The predicted molar refractivity (Wildman–Crippen MR) is 74.9 cm³/mol. The molecule has 1 heterocycles. The number of methoxy groups -OCH3 is 1. The number of nitrogens with zero attached hydrogens (tertiary/aromatic N) is 2. The second kappa shape index (κ2) is 5.76. The summed E-state index contributed by atoms with van der Waals surface area (Å²) < 4.78 is 42.9. The molecule has 0 radical (unpaired) electrons. The van der Waals surface area contributed by atoms with Crippen LogP contribution in [0.2, 0.25) is 5.02 Å². The molecule has 118 valence electrons. The lowest BCUT2D eigenvalue weighted by atomic mass is 10.1. The molecule has 0 fully saturated rings. The van der Waals surface area contributed by atoms with E-state index < -0.39 is 27.1 Å². The van der Waals surface area contributed by atoms with Crippen LogP contribution >= 0.6 is 27.5 Å². The molecule has 0 atom stereocenters. The molecule has 0 amide bonds. The van der Waals surface area contributed by atoms with Gasteiger partial charge in [-0.1, -0.05) is 11.6 Å². The number of alkyl halides is 3. The molecule has 1 N–H and O–H groups in total. The number of hydrogen-bond donors (Lipinski definition) is 1. The number of halogens is 5. The molecule has 22 heavy (non-hydrogen) atoms. The first-order valence-electron chi connectivity index (χ1n) is 5.50. The zero-order valence-electron chi connectivity index (χ0n) is 10.7. The van der Waals surface area contributed by atoms with Gasteiger partial charge in [-0.3, -0.25) is 10.1 Å². The van der Waals surface area contributed by atoms with Crippen molar-refractivity contribution in [3.05, 3.63) is 37.6 Å². The molecule has 11 heteroatoms. The van der Waals surface area contributed by atoms with Gasteiger partial charge in [-0.05, 0) is 15.9 Å². The van der Waals surface area contributed by atoms with Crippen LogP contribution in [-0.2, 0) is 6.18 Å². The van der Waals surface area contributed by atoms with E-state index in [9.17, 15) is 23.3 Å². The number of nitro benzene ring substituents is 1. The number of aromatic amines is 1. The highest BCUT2D eigenvalue weighted by molar-refractivity contribution is 9.10. The van der Waals surface area contributed by atoms with Gasteiger partial charge >= 0.3 is 6.18 Å². The number of nitrogens with one attached hydrogen (secondary N) is 1. The van der Waals surface area contributed by atoms with Crippen molar-refractivity contribution in [1.29, 1.82) is 0 Å². The number of imidazole rings is 1. The van der Waals surface area contributed by atoms with E-state index in [0.29, 0.717) is 0 Å². The highest BCUT2D eigenvalue weighted by Crippen LogP contribution is 2.41. The Morgan fingerprint density at radius 2 is 2.09 bits per heavy atom. The van der Waals surface area contributed by atoms with Gasteiger partial charge in [0.05, 0.1) is 22.6 Å². The first-order chi connectivity index (χ1) is 10.1. The molecule has 2 aromatic rings. The van der Waals surface area contributed by atoms with Crippen LogP contribution in [0.1, 0.15) is 5.69 Å². The van der Waals surface area contributed by atoms with Crippen molar-refractivity contribution >= 4 is 33.2 Å². The van der Waals surface area contributed by atoms with Gasteiger partial charge in [-0.2, -0.15) is 13.2 Å². The number of H-pyrrole nitrogens is 1. The summed E-state index contributed by atoms with van der Waals surface area (Å²) in [6, 6.07) is 2.06. The fourth-order valence-corrected chi connectivity index (χ4v) is 2.53. The zero-order valence-corrected chi connectivity index (χ0v) is 13.0. The Balaban J connectivity index is 2.68. The Hall–Kier alpha value is -1.81. The molecule has 0 aliphatic carbocycles. The van der Waals surface area contributed by atoms with Gasteiger partial charge in [0.1, 0.15) is 16.2 Å². The highest BCUT2D eigenvalue weighted by atomic mass is 79.9. The number of ether oxygens (including phenoxy) is 1. The Labute approximate surface area is 134 Å². The Kier molecular flexibility index (Phi) is 4.34. The predicted octanol–water partition coefficient (Wildman–Crippen LogP) is 4.43. The minimum atomic E-state index is -4.66. The quantitative estimate of drug-likeness (QED) is 0.610. The van der Waals surface area contributed by atoms with Gasteiger partial charge in [0.15, 0.2) is 5.69 Å². The van der Waals surface area contributed by atoms with Gasteiger partial charge in [-0.25, -0.2) is 4.98 Å². The lowest BCUT2D eigenvalue weighted by Gasteiger charge is -2.08. The summed E-state index contributed by atoms with van der Waals surface area (Å²) in [5, 5.41) is 10.7. The molecule has 6 nitrogen and oxygen atoms in total. The van der Waals surface area contributed by atoms with Gasteiger partial charge in [0.2, 0.25) is 0 Å². The summed E-state index contributed by atoms with van der Waals surface area (Å²) in [4.78, 5) is 15.9. The Bertz CT molecular complexity index is 748. The topological polar surface area (TPSA) is 81.1 Å². The van der Waals surface area contributed by atoms with Crippen molar-refractivity contribution in [2.24, 2.45) is 0 Å². The lowest BCUT2D eigenvalue weighted by molar-refractivity contribution is -0.384. The van der Waals surface area contributed by atoms with Crippen molar-refractivity contribution in [2.75, 3.05) is 7.11 Å². The van der Waals surface area contributed by atoms with Crippen LogP contribution in [0.15, 0.2) is 16.7 Å². The van der Waals surface area contributed by atoms with Crippen LogP contribution in [0.25, 0.3) is 11.4 Å². The van der Waals surface area contributed by atoms with Crippen LogP contribution in [0, 0.1) is 10.1 Å². The Morgan fingerprint density at radius 1 is 1.45 bits per heavy atom. The molecule has 0 unspecified atom stereocenters. The largest absolute Gasteiger partial charge is 0.494 e. The average molecular weight is 401 g/mol. The first-order valence-corrected chi connectivity index (χ1v) is 6.67. The Morgan fingerprint density at radius 3 is 2.55 bits per heavy atom. The number of hydrogen-bond acceptors (Lipinski definition) is 4. The third kappa shape index (κ3) is 3.02. The maximum absolute atomic E-state index is 12.8. The molecule has 0 bridgehead atoms. The van der Waals surface area contributed by atoms with E-state index in [1.54, 1.807) is 0 Å². The fourth-order valence-electron chi connectivity index (χ4n) is 1.74. The van der Waals surface area contributed by atoms with E-state index in [0.717, 1.165) is 12.1 Å². The molecule has 0 saturated heterocycles. The standard InChI is InChI=1S/C11H6BrClF3N3O3/c1-22-7-5(2-4(19(20)21)3-6(7)13)10-17-8(9(12)18-10)11(14,15)16/h2-3H,1H3,(H,17,18). The SMILES string of the molecule is COc1c(Cl)cc([N+](=O)[O-])cc1-c1nc(Br)c(C(F)(F)F)[nH]1. The van der Waals surface area contributed by atoms with E-state index in [-0.39, 0.29) is 22.2 Å². The van der Waals surface area contributed by atoms with Crippen LogP contribution in [-0.4, -0.2) is 22.0 Å². The van der Waals surface area contributed by atoms with Crippen LogP contribution in [0.3, 0.4) is 0 Å². The van der Waals surface area contributed by atoms with Crippen LogP contribution in [0.4, 0.5) is 18.9 Å². The fraction of sp³-hybridized carbons (Fsp3) is 0.182. The molecule has 0 spiro atoms. The monoisotopic (exact) mass is 399 g/mol. The van der Waals surface area contributed by atoms with Gasteiger partial charge in [0, 0.05) is 12.1 Å². The summed E-state index contributed by atoms with van der Waals surface area (Å²) >= 11 is 8.55. The number of non-ortho nitro benzene ring substituents is 1. The number of nitro groups is 1. The van der Waals surface area contributed by atoms with E-state index in [1.165, 1.54) is 7.11 Å². The summed E-state index contributed by atoms with van der Waals surface area (Å²) in [5.41, 5.74) is -1.58. The normalized spacial score (nSPS) is 11.5. The molecule has 0 aliphatic rings. The van der Waals surface area contributed by atoms with Gasteiger partial charge in [0.25, 0.3) is 5.69 Å². The number of rotatable bonds is 3. The van der Waals surface area contributed by atoms with Crippen molar-refractivity contribution < 1.29 is 22.8 Å². The molecule has 1 aromatic carbocycles. The molecule has 2 rings (SSSR count). The summed E-state index contributed by atoms with van der Waals surface area (Å²) in [6.45, 7) is 0. The summed E-state index contributed by atoms with van der Waals surface area (Å²) in [7, 11) is 1.24. The van der Waals surface area contributed by atoms with Crippen molar-refractivity contribution in [2.45, 2.75) is 6.18 Å². The minimum Gasteiger partial charge on any atom is -0.494 e. The third-order valence-electron chi connectivity index (χ3n) is 2.64. The van der Waals surface area contributed by atoms with Crippen LogP contribution in [0.5, 0.6) is 5.75 Å². The van der Waals surface area contributed by atoms with Gasteiger partial charge in [-0.15, -0.1) is 0 Å². The van der Waals surface area contributed by atoms with Gasteiger partial charge < -0.3 is 9.72 Å². The second-order valence-corrected chi connectivity index (χ2v) is 5.17. The maximum Gasteiger partial charge on any atom is 0.433 e. The minimum absolute atomic E-state index is 0.0257. The second-order valence-electron chi connectivity index (χ2n) is 4.01. The van der Waals surface area contributed by atoms with Crippen molar-refractivity contribution in [3.8, 4) is 17.1 Å². The van der Waals surface area contributed by atoms with Crippen molar-refractivity contribution in [3.63, 3.8) is 0 Å². The van der Waals surface area contributed by atoms with Crippen LogP contribution < -0.4 is 4.74 Å². The number of benzene rings is 1. The smallest absolute Gasteiger partial charge is 0.433 e.